The summed E-state index contributed by atoms with van der Waals surface area (Å²) in [5.41, 5.74) is 1.76. The number of ketones is 1. The summed E-state index contributed by atoms with van der Waals surface area (Å²) < 4.78 is 13.5. The average Bonchev–Trinajstić information content (AvgIpc) is 2.41. The van der Waals surface area contributed by atoms with Crippen LogP contribution in [-0.2, 0) is 12.8 Å². The summed E-state index contributed by atoms with van der Waals surface area (Å²) in [6.45, 7) is 1.97. The highest BCUT2D eigenvalue weighted by Gasteiger charge is 2.14. The van der Waals surface area contributed by atoms with E-state index < -0.39 is 0 Å². The van der Waals surface area contributed by atoms with E-state index in [0.717, 1.165) is 12.0 Å². The van der Waals surface area contributed by atoms with Crippen molar-refractivity contribution < 1.29 is 9.18 Å². The molecule has 0 amide bonds. The van der Waals surface area contributed by atoms with Gasteiger partial charge in [-0.05, 0) is 29.7 Å². The first-order chi connectivity index (χ1) is 8.72. The van der Waals surface area contributed by atoms with Gasteiger partial charge >= 0.3 is 0 Å². The van der Waals surface area contributed by atoms with Gasteiger partial charge in [-0.3, -0.25) is 9.78 Å². The number of hydrogen-bond donors (Lipinski definition) is 0. The minimum atomic E-state index is -0.347. The van der Waals surface area contributed by atoms with Crippen molar-refractivity contribution in [1.29, 1.82) is 0 Å². The Bertz CT molecular complexity index is 566. The van der Waals surface area contributed by atoms with Crippen LogP contribution in [0.5, 0.6) is 0 Å². The molecule has 2 nitrogen and oxygen atoms in total. The lowest BCUT2D eigenvalue weighted by Gasteiger charge is -2.06. The number of rotatable bonds is 4. The maximum absolute atomic E-state index is 13.5. The molecule has 0 aliphatic heterocycles. The van der Waals surface area contributed by atoms with Crippen LogP contribution in [0.15, 0.2) is 42.6 Å². The SMILES string of the molecule is CCc1cccnc1C(=O)Cc1ccccc1F. The molecule has 0 unspecified atom stereocenters. The zero-order valence-electron chi connectivity index (χ0n) is 10.2. The van der Waals surface area contributed by atoms with E-state index in [9.17, 15) is 9.18 Å². The third kappa shape index (κ3) is 2.62. The first kappa shape index (κ1) is 12.4. The molecule has 0 N–H and O–H groups in total. The van der Waals surface area contributed by atoms with Crippen LogP contribution >= 0.6 is 0 Å². The Balaban J connectivity index is 2.25. The van der Waals surface area contributed by atoms with E-state index >= 15 is 0 Å². The van der Waals surface area contributed by atoms with Crippen LogP contribution in [0.1, 0.15) is 28.5 Å². The average molecular weight is 243 g/mol. The fraction of sp³-hybridized carbons (Fsp3) is 0.200. The molecule has 1 aromatic heterocycles. The molecule has 2 rings (SSSR count). The first-order valence-corrected chi connectivity index (χ1v) is 5.93. The quantitative estimate of drug-likeness (QED) is 0.772. The predicted octanol–water partition coefficient (Wildman–Crippen LogP) is 3.21. The lowest BCUT2D eigenvalue weighted by molar-refractivity contribution is 0.0986. The van der Waals surface area contributed by atoms with Crippen molar-refractivity contribution in [3.63, 3.8) is 0 Å². The zero-order chi connectivity index (χ0) is 13.0. The molecule has 1 heterocycles. The van der Waals surface area contributed by atoms with Crippen LogP contribution in [0.4, 0.5) is 4.39 Å². The highest BCUT2D eigenvalue weighted by atomic mass is 19.1. The number of benzene rings is 1. The van der Waals surface area contributed by atoms with Crippen molar-refractivity contribution in [3.8, 4) is 0 Å². The number of halogens is 1. The molecule has 0 radical (unpaired) electrons. The van der Waals surface area contributed by atoms with E-state index in [1.165, 1.54) is 6.07 Å². The molecule has 0 spiro atoms. The number of pyridine rings is 1. The van der Waals surface area contributed by atoms with Gasteiger partial charge < -0.3 is 0 Å². The molecule has 0 fully saturated rings. The Labute approximate surface area is 105 Å². The summed E-state index contributed by atoms with van der Waals surface area (Å²) in [7, 11) is 0. The van der Waals surface area contributed by atoms with Crippen molar-refractivity contribution in [1.82, 2.24) is 4.98 Å². The second-order valence-corrected chi connectivity index (χ2v) is 4.06. The van der Waals surface area contributed by atoms with Crippen molar-refractivity contribution >= 4 is 5.78 Å². The normalized spacial score (nSPS) is 10.3. The molecule has 0 aliphatic rings. The van der Waals surface area contributed by atoms with Crippen LogP contribution < -0.4 is 0 Å². The number of carbonyl (C=O) groups is 1. The first-order valence-electron chi connectivity index (χ1n) is 5.93. The molecule has 18 heavy (non-hydrogen) atoms. The van der Waals surface area contributed by atoms with Crippen molar-refractivity contribution in [2.45, 2.75) is 19.8 Å². The monoisotopic (exact) mass is 243 g/mol. The Morgan fingerprint density at radius 3 is 2.61 bits per heavy atom. The van der Waals surface area contributed by atoms with Crippen LogP contribution in [0.2, 0.25) is 0 Å². The Morgan fingerprint density at radius 2 is 1.89 bits per heavy atom. The standard InChI is InChI=1S/C15H14FNO/c1-2-11-7-5-9-17-15(11)14(18)10-12-6-3-4-8-13(12)16/h3-9H,2,10H2,1H3. The van der Waals surface area contributed by atoms with Gasteiger partial charge in [0, 0.05) is 12.6 Å². The largest absolute Gasteiger partial charge is 0.292 e. The van der Waals surface area contributed by atoms with Gasteiger partial charge in [0.15, 0.2) is 5.78 Å². The van der Waals surface area contributed by atoms with E-state index in [0.29, 0.717) is 11.3 Å². The lowest BCUT2D eigenvalue weighted by Crippen LogP contribution is -2.10. The van der Waals surface area contributed by atoms with Crippen molar-refractivity contribution in [2.24, 2.45) is 0 Å². The van der Waals surface area contributed by atoms with Crippen LogP contribution in [0.3, 0.4) is 0 Å². The third-order valence-corrected chi connectivity index (χ3v) is 2.85. The predicted molar refractivity (Wildman–Crippen MR) is 68.0 cm³/mol. The summed E-state index contributed by atoms with van der Waals surface area (Å²) in [6.07, 6.45) is 2.39. The maximum atomic E-state index is 13.5. The summed E-state index contributed by atoms with van der Waals surface area (Å²) in [4.78, 5) is 16.2. The van der Waals surface area contributed by atoms with Gasteiger partial charge in [0.25, 0.3) is 0 Å². The molecule has 0 saturated carbocycles. The molecular weight excluding hydrogens is 229 g/mol. The molecule has 0 saturated heterocycles. The molecule has 1 aromatic carbocycles. The van der Waals surface area contributed by atoms with E-state index in [4.69, 9.17) is 0 Å². The second kappa shape index (κ2) is 5.54. The topological polar surface area (TPSA) is 30.0 Å². The van der Waals surface area contributed by atoms with Gasteiger partial charge in [-0.15, -0.1) is 0 Å². The van der Waals surface area contributed by atoms with Gasteiger partial charge in [-0.25, -0.2) is 4.39 Å². The summed E-state index contributed by atoms with van der Waals surface area (Å²) in [5.74, 6) is -0.489. The van der Waals surface area contributed by atoms with Gasteiger partial charge in [0.2, 0.25) is 0 Å². The van der Waals surface area contributed by atoms with E-state index in [1.54, 1.807) is 30.5 Å². The molecule has 2 aromatic rings. The minimum absolute atomic E-state index is 0.0523. The number of nitrogens with zero attached hydrogens (tertiary/aromatic N) is 1. The van der Waals surface area contributed by atoms with Gasteiger partial charge in [-0.2, -0.15) is 0 Å². The fourth-order valence-corrected chi connectivity index (χ4v) is 1.87. The van der Waals surface area contributed by atoms with Crippen molar-refractivity contribution in [2.75, 3.05) is 0 Å². The highest BCUT2D eigenvalue weighted by molar-refractivity contribution is 5.97. The van der Waals surface area contributed by atoms with E-state index in [1.807, 2.05) is 13.0 Å². The molecule has 0 bridgehead atoms. The smallest absolute Gasteiger partial charge is 0.185 e. The minimum Gasteiger partial charge on any atom is -0.292 e. The number of Topliss-reactive ketones (excluding diaryl/α,β-unsaturated/α-hetero) is 1. The third-order valence-electron chi connectivity index (χ3n) is 2.85. The van der Waals surface area contributed by atoms with Crippen LogP contribution in [-0.4, -0.2) is 10.8 Å². The maximum Gasteiger partial charge on any atom is 0.185 e. The molecule has 3 heteroatoms. The van der Waals surface area contributed by atoms with Gasteiger partial charge in [-0.1, -0.05) is 31.2 Å². The highest BCUT2D eigenvalue weighted by Crippen LogP contribution is 2.13. The number of aryl methyl sites for hydroxylation is 1. The van der Waals surface area contributed by atoms with Crippen molar-refractivity contribution in [3.05, 3.63) is 65.2 Å². The Kier molecular flexibility index (Phi) is 3.82. The van der Waals surface area contributed by atoms with Gasteiger partial charge in [0.05, 0.1) is 0 Å². The summed E-state index contributed by atoms with van der Waals surface area (Å²) >= 11 is 0. The van der Waals surface area contributed by atoms with Gasteiger partial charge in [0.1, 0.15) is 11.5 Å². The fourth-order valence-electron chi connectivity index (χ4n) is 1.87. The summed E-state index contributed by atoms with van der Waals surface area (Å²) in [6, 6.07) is 10.0. The number of carbonyl (C=O) groups excluding carboxylic acids is 1. The Morgan fingerprint density at radius 1 is 1.17 bits per heavy atom. The number of hydrogen-bond acceptors (Lipinski definition) is 2. The Hall–Kier alpha value is -2.03. The zero-order valence-corrected chi connectivity index (χ0v) is 10.2. The van der Waals surface area contributed by atoms with E-state index in [-0.39, 0.29) is 18.0 Å². The molecular formula is C15H14FNO. The van der Waals surface area contributed by atoms with Crippen LogP contribution in [0.25, 0.3) is 0 Å². The van der Waals surface area contributed by atoms with E-state index in [2.05, 4.69) is 4.98 Å². The number of aromatic nitrogens is 1. The molecule has 0 aliphatic carbocycles. The molecule has 0 atom stereocenters. The lowest BCUT2D eigenvalue weighted by atomic mass is 10.0. The molecule has 92 valence electrons. The second-order valence-electron chi connectivity index (χ2n) is 4.06. The summed E-state index contributed by atoms with van der Waals surface area (Å²) in [5, 5.41) is 0. The van der Waals surface area contributed by atoms with Crippen LogP contribution in [0, 0.1) is 5.82 Å².